The van der Waals surface area contributed by atoms with Crippen LogP contribution in [0.2, 0.25) is 0 Å². The van der Waals surface area contributed by atoms with E-state index >= 15 is 0 Å². The Hall–Kier alpha value is -0.590. The number of carbonyl (C=O) groups excluding carboxylic acids is 1. The van der Waals surface area contributed by atoms with Crippen molar-refractivity contribution in [2.24, 2.45) is 56.7 Å². The van der Waals surface area contributed by atoms with Gasteiger partial charge in [-0.25, -0.2) is 0 Å². The first-order valence-electron chi connectivity index (χ1n) is 14.1. The first-order chi connectivity index (χ1) is 14.9. The molecule has 5 saturated carbocycles. The van der Waals surface area contributed by atoms with E-state index in [2.05, 4.69) is 55.0 Å². The van der Waals surface area contributed by atoms with Crippen LogP contribution in [0.15, 0.2) is 12.2 Å². The van der Waals surface area contributed by atoms with E-state index in [1.807, 2.05) is 0 Å². The zero-order chi connectivity index (χ0) is 23.3. The third-order valence-corrected chi connectivity index (χ3v) is 13.3. The van der Waals surface area contributed by atoms with E-state index < -0.39 is 0 Å². The van der Waals surface area contributed by atoms with Crippen LogP contribution in [0.25, 0.3) is 0 Å². The lowest BCUT2D eigenvalue weighted by molar-refractivity contribution is -0.157. The molecular weight excluding hydrogens is 388 g/mol. The summed E-state index contributed by atoms with van der Waals surface area (Å²) >= 11 is 0. The molecule has 0 unspecified atom stereocenters. The van der Waals surface area contributed by atoms with E-state index in [0.29, 0.717) is 39.3 Å². The lowest BCUT2D eigenvalue weighted by Crippen LogP contribution is -2.57. The van der Waals surface area contributed by atoms with E-state index in [-0.39, 0.29) is 5.41 Å². The number of allylic oxidation sites excluding steroid dienone is 1. The maximum Gasteiger partial charge on any atom is 0.138 e. The molecule has 5 aliphatic carbocycles. The lowest BCUT2D eigenvalue weighted by atomic mass is 9.42. The fourth-order valence-electron chi connectivity index (χ4n) is 11.0. The van der Waals surface area contributed by atoms with E-state index in [4.69, 9.17) is 0 Å². The van der Waals surface area contributed by atoms with Gasteiger partial charge in [0.25, 0.3) is 0 Å². The second kappa shape index (κ2) is 6.97. The lowest BCUT2D eigenvalue weighted by Gasteiger charge is -2.62. The fraction of sp³-hybridized carbons (Fsp3) is 0.903. The number of hydrogen-bond acceptors (Lipinski definition) is 1. The van der Waals surface area contributed by atoms with Gasteiger partial charge in [-0.2, -0.15) is 0 Å². The molecule has 0 saturated heterocycles. The first kappa shape index (κ1) is 23.2. The van der Waals surface area contributed by atoms with Crippen LogP contribution in [0, 0.1) is 56.7 Å². The van der Waals surface area contributed by atoms with E-state index in [0.717, 1.165) is 24.2 Å². The predicted molar refractivity (Wildman–Crippen MR) is 134 cm³/mol. The molecule has 0 heterocycles. The van der Waals surface area contributed by atoms with Gasteiger partial charge >= 0.3 is 0 Å². The topological polar surface area (TPSA) is 17.1 Å². The molecule has 0 radical (unpaired) electrons. The summed E-state index contributed by atoms with van der Waals surface area (Å²) in [4.78, 5) is 12.8. The molecule has 32 heavy (non-hydrogen) atoms. The summed E-state index contributed by atoms with van der Waals surface area (Å²) in [7, 11) is 0. The maximum absolute atomic E-state index is 12.8. The normalized spacial score (nSPS) is 49.6. The molecule has 8 atom stereocenters. The zero-order valence-corrected chi connectivity index (χ0v) is 22.3. The molecule has 180 valence electrons. The standard InChI is InChI=1S/C31H50O/c1-20(2)21(3)9-10-22(4)23-13-15-29(8)25-12-11-24-27(5,6)26(32)14-16-30(24)19-31(25,30)18-17-28(23,29)7/h20,22-25H,3,9-19H2,1-2,4-8H3/t22-,23-,24+,25-,28-,29+,30-,31+/m1/s1. The zero-order valence-electron chi connectivity index (χ0n) is 22.3. The van der Waals surface area contributed by atoms with Gasteiger partial charge in [-0.1, -0.05) is 60.6 Å². The van der Waals surface area contributed by atoms with Crippen molar-refractivity contribution in [2.45, 2.75) is 119 Å². The summed E-state index contributed by atoms with van der Waals surface area (Å²) in [5.74, 6) is 4.41. The number of carbonyl (C=O) groups is 1. The van der Waals surface area contributed by atoms with E-state index in [1.54, 1.807) is 0 Å². The van der Waals surface area contributed by atoms with Crippen molar-refractivity contribution < 1.29 is 4.79 Å². The average molecular weight is 439 g/mol. The van der Waals surface area contributed by atoms with Crippen molar-refractivity contribution in [2.75, 3.05) is 0 Å². The van der Waals surface area contributed by atoms with Gasteiger partial charge in [0.05, 0.1) is 0 Å². The predicted octanol–water partition coefficient (Wildman–Crippen LogP) is 8.62. The van der Waals surface area contributed by atoms with Gasteiger partial charge in [-0.3, -0.25) is 4.79 Å². The second-order valence-electron chi connectivity index (χ2n) is 14.6. The summed E-state index contributed by atoms with van der Waals surface area (Å²) < 4.78 is 0. The van der Waals surface area contributed by atoms with Crippen molar-refractivity contribution in [3.05, 3.63) is 12.2 Å². The Balaban J connectivity index is 1.39. The molecule has 2 spiro atoms. The van der Waals surface area contributed by atoms with Crippen LogP contribution in [0.1, 0.15) is 119 Å². The fourth-order valence-corrected chi connectivity index (χ4v) is 11.0. The molecule has 0 aromatic rings. The minimum atomic E-state index is -0.0834. The van der Waals surface area contributed by atoms with Crippen molar-refractivity contribution >= 4 is 5.78 Å². The summed E-state index contributed by atoms with van der Waals surface area (Å²) in [5, 5.41) is 0. The van der Waals surface area contributed by atoms with Gasteiger partial charge in [-0.05, 0) is 115 Å². The molecule has 1 nitrogen and oxygen atoms in total. The second-order valence-corrected chi connectivity index (χ2v) is 14.6. The molecule has 0 aromatic heterocycles. The Morgan fingerprint density at radius 2 is 1.56 bits per heavy atom. The van der Waals surface area contributed by atoms with Gasteiger partial charge in [-0.15, -0.1) is 0 Å². The highest BCUT2D eigenvalue weighted by Crippen LogP contribution is 2.88. The van der Waals surface area contributed by atoms with Gasteiger partial charge in [0, 0.05) is 11.8 Å². The number of rotatable bonds is 5. The van der Waals surface area contributed by atoms with Crippen molar-refractivity contribution in [3.8, 4) is 0 Å². The molecule has 1 heteroatoms. The highest BCUT2D eigenvalue weighted by atomic mass is 16.1. The molecule has 0 aromatic carbocycles. The Morgan fingerprint density at radius 3 is 2.25 bits per heavy atom. The van der Waals surface area contributed by atoms with Crippen LogP contribution < -0.4 is 0 Å². The molecule has 0 N–H and O–H groups in total. The van der Waals surface area contributed by atoms with Crippen LogP contribution in [0.3, 0.4) is 0 Å². The number of fused-ring (bicyclic) bond motifs is 2. The average Bonchev–Trinajstić information content (AvgIpc) is 3.31. The van der Waals surface area contributed by atoms with E-state index in [1.165, 1.54) is 69.8 Å². The van der Waals surface area contributed by atoms with Gasteiger partial charge in [0.15, 0.2) is 0 Å². The third kappa shape index (κ3) is 2.66. The number of hydrogen-bond donors (Lipinski definition) is 0. The van der Waals surface area contributed by atoms with Crippen LogP contribution >= 0.6 is 0 Å². The van der Waals surface area contributed by atoms with Crippen LogP contribution in [-0.2, 0) is 4.79 Å². The SMILES string of the molecule is C=C(CC[C@@H](C)[C@H]1CC[C@@]2(C)[C@H]3CC[C@H]4C(C)(C)C(=O)CC[C@@]45C[C@@]35CC[C@]12C)C(C)C. The molecule has 5 rings (SSSR count). The summed E-state index contributed by atoms with van der Waals surface area (Å²) in [5.41, 5.74) is 3.44. The van der Waals surface area contributed by atoms with Crippen LogP contribution in [-0.4, -0.2) is 5.78 Å². The number of Topliss-reactive ketones (excluding diaryl/α,β-unsaturated/α-hetero) is 1. The summed E-state index contributed by atoms with van der Waals surface area (Å²) in [6.45, 7) is 21.5. The molecule has 0 aliphatic heterocycles. The molecule has 0 bridgehead atoms. The molecule has 5 fully saturated rings. The van der Waals surface area contributed by atoms with Crippen molar-refractivity contribution in [3.63, 3.8) is 0 Å². The Morgan fingerprint density at radius 1 is 0.906 bits per heavy atom. The van der Waals surface area contributed by atoms with Crippen LogP contribution in [0.4, 0.5) is 0 Å². The minimum Gasteiger partial charge on any atom is -0.299 e. The Bertz CT molecular complexity index is 820. The third-order valence-electron chi connectivity index (χ3n) is 13.3. The monoisotopic (exact) mass is 438 g/mol. The molecule has 0 amide bonds. The minimum absolute atomic E-state index is 0.0834. The van der Waals surface area contributed by atoms with Gasteiger partial charge in [0.2, 0.25) is 0 Å². The van der Waals surface area contributed by atoms with Crippen molar-refractivity contribution in [1.82, 2.24) is 0 Å². The van der Waals surface area contributed by atoms with Crippen molar-refractivity contribution in [1.29, 1.82) is 0 Å². The summed E-state index contributed by atoms with van der Waals surface area (Å²) in [6, 6.07) is 0. The highest BCUT2D eigenvalue weighted by molar-refractivity contribution is 5.86. The quantitative estimate of drug-likeness (QED) is 0.393. The molecule has 5 aliphatic rings. The Labute approximate surface area is 198 Å². The first-order valence-corrected chi connectivity index (χ1v) is 14.1. The number of ketones is 1. The van der Waals surface area contributed by atoms with Gasteiger partial charge < -0.3 is 0 Å². The van der Waals surface area contributed by atoms with E-state index in [9.17, 15) is 4.79 Å². The largest absolute Gasteiger partial charge is 0.299 e. The van der Waals surface area contributed by atoms with Crippen LogP contribution in [0.5, 0.6) is 0 Å². The van der Waals surface area contributed by atoms with Gasteiger partial charge in [0.1, 0.15) is 5.78 Å². The molecular formula is C31H50O. The highest BCUT2D eigenvalue weighted by Gasteiger charge is 2.82. The summed E-state index contributed by atoms with van der Waals surface area (Å²) in [6.07, 6.45) is 14.5. The maximum atomic E-state index is 12.8. The smallest absolute Gasteiger partial charge is 0.138 e. The Kier molecular flexibility index (Phi) is 5.05.